The van der Waals surface area contributed by atoms with Gasteiger partial charge < -0.3 is 15.0 Å². The third-order valence-corrected chi connectivity index (χ3v) is 3.81. The van der Waals surface area contributed by atoms with Crippen LogP contribution in [-0.4, -0.2) is 42.5 Å². The normalized spacial score (nSPS) is 15.2. The van der Waals surface area contributed by atoms with Crippen LogP contribution in [0.4, 0.5) is 0 Å². The molecular weight excluding hydrogens is 280 g/mol. The highest BCUT2D eigenvalue weighted by atomic mass is 16.5. The smallest absolute Gasteiger partial charge is 0.251 e. The van der Waals surface area contributed by atoms with Crippen LogP contribution in [0.1, 0.15) is 37.6 Å². The number of hydrogen-bond acceptors (Lipinski definition) is 3. The Labute approximate surface area is 131 Å². The summed E-state index contributed by atoms with van der Waals surface area (Å²) in [4.78, 5) is 26.5. The molecule has 1 saturated heterocycles. The van der Waals surface area contributed by atoms with E-state index < -0.39 is 6.04 Å². The number of amides is 2. The molecule has 0 bridgehead atoms. The van der Waals surface area contributed by atoms with Crippen molar-refractivity contribution in [3.05, 3.63) is 29.8 Å². The lowest BCUT2D eigenvalue weighted by Crippen LogP contribution is -2.55. The Balaban J connectivity index is 2.02. The molecule has 5 heteroatoms. The maximum absolute atomic E-state index is 12.4. The SMILES string of the molecule is CCOc1ccc(C(=O)NC(C(=O)N2CCC2)C(C)C)cc1. The maximum Gasteiger partial charge on any atom is 0.251 e. The van der Waals surface area contributed by atoms with E-state index in [2.05, 4.69) is 5.32 Å². The number of carbonyl (C=O) groups excluding carboxylic acids is 2. The summed E-state index contributed by atoms with van der Waals surface area (Å²) in [5.41, 5.74) is 0.533. The topological polar surface area (TPSA) is 58.6 Å². The number of rotatable bonds is 6. The van der Waals surface area contributed by atoms with Crippen molar-refractivity contribution in [1.82, 2.24) is 10.2 Å². The molecule has 1 aliphatic heterocycles. The highest BCUT2D eigenvalue weighted by molar-refractivity contribution is 5.97. The Morgan fingerprint density at radius 1 is 1.23 bits per heavy atom. The fraction of sp³-hybridized carbons (Fsp3) is 0.529. The lowest BCUT2D eigenvalue weighted by molar-refractivity contribution is -0.137. The van der Waals surface area contributed by atoms with Gasteiger partial charge in [0.25, 0.3) is 5.91 Å². The van der Waals surface area contributed by atoms with Crippen molar-refractivity contribution in [2.24, 2.45) is 5.92 Å². The first kappa shape index (κ1) is 16.3. The minimum absolute atomic E-state index is 0.0144. The molecule has 1 atom stereocenters. The van der Waals surface area contributed by atoms with E-state index in [4.69, 9.17) is 4.74 Å². The zero-order valence-corrected chi connectivity index (χ0v) is 13.5. The van der Waals surface area contributed by atoms with Gasteiger partial charge in [-0.05, 0) is 43.5 Å². The van der Waals surface area contributed by atoms with Gasteiger partial charge in [-0.15, -0.1) is 0 Å². The number of benzene rings is 1. The van der Waals surface area contributed by atoms with Gasteiger partial charge in [-0.3, -0.25) is 9.59 Å². The Bertz CT molecular complexity index is 521. The van der Waals surface area contributed by atoms with Crippen LogP contribution in [-0.2, 0) is 4.79 Å². The molecule has 1 unspecified atom stereocenters. The van der Waals surface area contributed by atoms with E-state index in [1.54, 1.807) is 29.2 Å². The Kier molecular flexibility index (Phi) is 5.41. The highest BCUT2D eigenvalue weighted by Crippen LogP contribution is 2.15. The molecule has 120 valence electrons. The van der Waals surface area contributed by atoms with Crippen LogP contribution in [0.25, 0.3) is 0 Å². The summed E-state index contributed by atoms with van der Waals surface area (Å²) in [5.74, 6) is 0.576. The summed E-state index contributed by atoms with van der Waals surface area (Å²) in [6.45, 7) is 7.98. The van der Waals surface area contributed by atoms with Crippen molar-refractivity contribution >= 4 is 11.8 Å². The fourth-order valence-corrected chi connectivity index (χ4v) is 2.34. The molecule has 0 saturated carbocycles. The van der Waals surface area contributed by atoms with Crippen LogP contribution < -0.4 is 10.1 Å². The standard InChI is InChI=1S/C17H24N2O3/c1-4-22-14-8-6-13(7-9-14)16(20)18-15(12(2)3)17(21)19-10-5-11-19/h6-9,12,15H,4-5,10-11H2,1-3H3,(H,18,20). The van der Waals surface area contributed by atoms with Crippen LogP contribution in [0.3, 0.4) is 0 Å². The molecule has 1 N–H and O–H groups in total. The molecular formula is C17H24N2O3. The molecule has 1 aromatic rings. The number of nitrogens with zero attached hydrogens (tertiary/aromatic N) is 1. The molecule has 0 radical (unpaired) electrons. The molecule has 0 aromatic heterocycles. The second-order valence-electron chi connectivity index (χ2n) is 5.83. The lowest BCUT2D eigenvalue weighted by atomic mass is 10.0. The van der Waals surface area contributed by atoms with Crippen molar-refractivity contribution in [3.8, 4) is 5.75 Å². The van der Waals surface area contributed by atoms with Crippen molar-refractivity contribution in [2.45, 2.75) is 33.2 Å². The van der Waals surface area contributed by atoms with Crippen molar-refractivity contribution in [1.29, 1.82) is 0 Å². The molecule has 22 heavy (non-hydrogen) atoms. The first-order valence-electron chi connectivity index (χ1n) is 7.85. The monoisotopic (exact) mass is 304 g/mol. The molecule has 1 fully saturated rings. The summed E-state index contributed by atoms with van der Waals surface area (Å²) < 4.78 is 5.36. The second-order valence-corrected chi connectivity index (χ2v) is 5.83. The minimum atomic E-state index is -0.473. The summed E-state index contributed by atoms with van der Waals surface area (Å²) in [5, 5.41) is 2.86. The largest absolute Gasteiger partial charge is 0.494 e. The summed E-state index contributed by atoms with van der Waals surface area (Å²) >= 11 is 0. The minimum Gasteiger partial charge on any atom is -0.494 e. The van der Waals surface area contributed by atoms with Gasteiger partial charge in [0.15, 0.2) is 0 Å². The van der Waals surface area contributed by atoms with Gasteiger partial charge in [0.2, 0.25) is 5.91 Å². The molecule has 0 spiro atoms. The first-order chi connectivity index (χ1) is 10.5. The average Bonchev–Trinajstić information content (AvgIpc) is 2.43. The third-order valence-electron chi connectivity index (χ3n) is 3.81. The second kappa shape index (κ2) is 7.29. The zero-order valence-electron chi connectivity index (χ0n) is 13.5. The van der Waals surface area contributed by atoms with Gasteiger partial charge in [-0.2, -0.15) is 0 Å². The van der Waals surface area contributed by atoms with E-state index in [1.807, 2.05) is 20.8 Å². The number of hydrogen-bond donors (Lipinski definition) is 1. The average molecular weight is 304 g/mol. The van der Waals surface area contributed by atoms with Gasteiger partial charge >= 0.3 is 0 Å². The molecule has 1 aromatic carbocycles. The quantitative estimate of drug-likeness (QED) is 0.875. The lowest BCUT2D eigenvalue weighted by Gasteiger charge is -2.35. The van der Waals surface area contributed by atoms with Crippen LogP contribution >= 0.6 is 0 Å². The number of ether oxygens (including phenoxy) is 1. The maximum atomic E-state index is 12.4. The number of carbonyl (C=O) groups is 2. The van der Waals surface area contributed by atoms with Crippen LogP contribution in [0.2, 0.25) is 0 Å². The summed E-state index contributed by atoms with van der Waals surface area (Å²) in [7, 11) is 0. The van der Waals surface area contributed by atoms with E-state index >= 15 is 0 Å². The van der Waals surface area contributed by atoms with E-state index in [9.17, 15) is 9.59 Å². The molecule has 0 aliphatic carbocycles. The van der Waals surface area contributed by atoms with E-state index in [-0.39, 0.29) is 17.7 Å². The van der Waals surface area contributed by atoms with Crippen LogP contribution in [0.15, 0.2) is 24.3 Å². The van der Waals surface area contributed by atoms with Gasteiger partial charge in [-0.25, -0.2) is 0 Å². The summed E-state index contributed by atoms with van der Waals surface area (Å²) in [6.07, 6.45) is 1.05. The van der Waals surface area contributed by atoms with Crippen molar-refractivity contribution < 1.29 is 14.3 Å². The van der Waals surface area contributed by atoms with Gasteiger partial charge in [0.05, 0.1) is 6.61 Å². The predicted molar refractivity (Wildman–Crippen MR) is 84.9 cm³/mol. The van der Waals surface area contributed by atoms with E-state index in [0.717, 1.165) is 25.3 Å². The van der Waals surface area contributed by atoms with Crippen molar-refractivity contribution in [2.75, 3.05) is 19.7 Å². The van der Waals surface area contributed by atoms with Gasteiger partial charge in [-0.1, -0.05) is 13.8 Å². The Morgan fingerprint density at radius 3 is 2.32 bits per heavy atom. The molecule has 1 heterocycles. The molecule has 1 aliphatic rings. The molecule has 2 amide bonds. The Hall–Kier alpha value is -2.04. The first-order valence-corrected chi connectivity index (χ1v) is 7.85. The third kappa shape index (κ3) is 3.78. The van der Waals surface area contributed by atoms with Gasteiger partial charge in [0.1, 0.15) is 11.8 Å². The number of likely N-dealkylation sites (tertiary alicyclic amines) is 1. The fourth-order valence-electron chi connectivity index (χ4n) is 2.34. The van der Waals surface area contributed by atoms with Gasteiger partial charge in [0, 0.05) is 18.7 Å². The zero-order chi connectivity index (χ0) is 16.1. The predicted octanol–water partition coefficient (Wildman–Crippen LogP) is 2.07. The van der Waals surface area contributed by atoms with E-state index in [0.29, 0.717) is 12.2 Å². The summed E-state index contributed by atoms with van der Waals surface area (Å²) in [6, 6.07) is 6.48. The van der Waals surface area contributed by atoms with Crippen molar-refractivity contribution in [3.63, 3.8) is 0 Å². The number of nitrogens with one attached hydrogen (secondary N) is 1. The van der Waals surface area contributed by atoms with E-state index in [1.165, 1.54) is 0 Å². The van der Waals surface area contributed by atoms with Crippen LogP contribution in [0.5, 0.6) is 5.75 Å². The van der Waals surface area contributed by atoms with Crippen LogP contribution in [0, 0.1) is 5.92 Å². The molecule has 2 rings (SSSR count). The molecule has 5 nitrogen and oxygen atoms in total. The Morgan fingerprint density at radius 2 is 1.86 bits per heavy atom. The highest BCUT2D eigenvalue weighted by Gasteiger charge is 2.31.